The highest BCUT2D eigenvalue weighted by molar-refractivity contribution is 6.68. The molecular formula is C10H13Cl2NO. The summed E-state index contributed by atoms with van der Waals surface area (Å²) in [5.41, 5.74) is 0.993. The Labute approximate surface area is 95.6 Å². The molecule has 0 heterocycles. The number of ether oxygens (including phenoxy) is 1. The summed E-state index contributed by atoms with van der Waals surface area (Å²) in [6.45, 7) is 0. The van der Waals surface area contributed by atoms with Crippen LogP contribution in [0.3, 0.4) is 0 Å². The Morgan fingerprint density at radius 3 is 2.07 bits per heavy atom. The van der Waals surface area contributed by atoms with Crippen LogP contribution in [0, 0.1) is 0 Å². The van der Waals surface area contributed by atoms with E-state index < -0.39 is 0 Å². The van der Waals surface area contributed by atoms with Gasteiger partial charge < -0.3 is 17.1 Å². The van der Waals surface area contributed by atoms with Gasteiger partial charge in [0.25, 0.3) is 5.17 Å². The van der Waals surface area contributed by atoms with Gasteiger partial charge in [0, 0.05) is 0 Å². The monoisotopic (exact) mass is 233 g/mol. The third-order valence-electron chi connectivity index (χ3n) is 1.72. The summed E-state index contributed by atoms with van der Waals surface area (Å²) in [7, 11) is 5.46. The van der Waals surface area contributed by atoms with Gasteiger partial charge in [-0.05, 0) is 35.9 Å². The van der Waals surface area contributed by atoms with Crippen LogP contribution in [0.15, 0.2) is 24.3 Å². The van der Waals surface area contributed by atoms with E-state index in [0.29, 0.717) is 0 Å². The van der Waals surface area contributed by atoms with Crippen molar-refractivity contribution in [2.24, 2.45) is 0 Å². The van der Waals surface area contributed by atoms with Crippen molar-refractivity contribution in [2.45, 2.75) is 0 Å². The second-order valence-electron chi connectivity index (χ2n) is 2.91. The number of nitrogens with zero attached hydrogens (tertiary/aromatic N) is 1. The number of hydrogen-bond donors (Lipinski definition) is 0. The molecule has 1 aromatic carbocycles. The van der Waals surface area contributed by atoms with Gasteiger partial charge in [-0.25, -0.2) is 4.58 Å². The average molecular weight is 234 g/mol. The Morgan fingerprint density at radius 2 is 1.71 bits per heavy atom. The van der Waals surface area contributed by atoms with E-state index >= 15 is 0 Å². The van der Waals surface area contributed by atoms with Gasteiger partial charge in [-0.2, -0.15) is 0 Å². The molecule has 0 aliphatic carbocycles. The Balaban J connectivity index is 0.00000169. The SMILES string of the molecule is COc1ccc(C(Cl)=[N+](C)C)cc1.[Cl-]. The summed E-state index contributed by atoms with van der Waals surface area (Å²) in [5.74, 6) is 0.840. The quantitative estimate of drug-likeness (QED) is 0.470. The van der Waals surface area contributed by atoms with E-state index in [1.165, 1.54) is 0 Å². The fraction of sp³-hybridized carbons (Fsp3) is 0.300. The highest BCUT2D eigenvalue weighted by Crippen LogP contribution is 2.12. The van der Waals surface area contributed by atoms with E-state index in [0.717, 1.165) is 16.5 Å². The number of methoxy groups -OCH3 is 1. The molecular weight excluding hydrogens is 221 g/mol. The summed E-state index contributed by atoms with van der Waals surface area (Å²) >= 11 is 6.04. The summed E-state index contributed by atoms with van der Waals surface area (Å²) in [4.78, 5) is 0. The molecule has 0 fully saturated rings. The lowest BCUT2D eigenvalue weighted by molar-refractivity contribution is -0.461. The Morgan fingerprint density at radius 1 is 1.21 bits per heavy atom. The van der Waals surface area contributed by atoms with E-state index in [4.69, 9.17) is 16.3 Å². The smallest absolute Gasteiger partial charge is 0.276 e. The average Bonchev–Trinajstić information content (AvgIpc) is 2.17. The minimum absolute atomic E-state index is 0. The number of hydrogen-bond acceptors (Lipinski definition) is 1. The van der Waals surface area contributed by atoms with Gasteiger partial charge in [-0.1, -0.05) is 0 Å². The first kappa shape index (κ1) is 13.3. The maximum atomic E-state index is 6.04. The number of benzene rings is 1. The van der Waals surface area contributed by atoms with Crippen LogP contribution in [0.25, 0.3) is 0 Å². The zero-order chi connectivity index (χ0) is 9.84. The second-order valence-corrected chi connectivity index (χ2v) is 3.27. The molecule has 0 aromatic heterocycles. The van der Waals surface area contributed by atoms with Gasteiger partial charge in [-0.15, -0.1) is 0 Å². The molecule has 0 bridgehead atoms. The largest absolute Gasteiger partial charge is 1.00 e. The molecule has 0 N–H and O–H groups in total. The zero-order valence-electron chi connectivity index (χ0n) is 8.42. The van der Waals surface area contributed by atoms with Crippen molar-refractivity contribution in [3.63, 3.8) is 0 Å². The minimum Gasteiger partial charge on any atom is -1.00 e. The van der Waals surface area contributed by atoms with Gasteiger partial charge in [0.2, 0.25) is 0 Å². The molecule has 0 aliphatic heterocycles. The third kappa shape index (κ3) is 3.20. The molecule has 4 heteroatoms. The van der Waals surface area contributed by atoms with E-state index in [-0.39, 0.29) is 12.4 Å². The summed E-state index contributed by atoms with van der Waals surface area (Å²) < 4.78 is 6.91. The molecule has 0 saturated heterocycles. The highest BCUT2D eigenvalue weighted by Gasteiger charge is 2.06. The fourth-order valence-electron chi connectivity index (χ4n) is 0.987. The van der Waals surface area contributed by atoms with Crippen molar-refractivity contribution >= 4 is 16.8 Å². The first-order valence-electron chi connectivity index (χ1n) is 3.99. The van der Waals surface area contributed by atoms with Gasteiger partial charge in [0.1, 0.15) is 19.8 Å². The van der Waals surface area contributed by atoms with Crippen molar-refractivity contribution < 1.29 is 21.7 Å². The van der Waals surface area contributed by atoms with Crippen LogP contribution in [0.5, 0.6) is 5.75 Å². The molecule has 0 unspecified atom stereocenters. The standard InChI is InChI=1S/C10H13ClNO.ClH/c1-12(2)10(11)8-4-6-9(13-3)7-5-8;/h4-7H,1-3H3;1H/q+1;/p-1. The van der Waals surface area contributed by atoms with Crippen LogP contribution in [-0.2, 0) is 0 Å². The third-order valence-corrected chi connectivity index (χ3v) is 2.28. The molecule has 0 radical (unpaired) electrons. The second kappa shape index (κ2) is 5.89. The van der Waals surface area contributed by atoms with Gasteiger partial charge in [-0.3, -0.25) is 0 Å². The van der Waals surface area contributed by atoms with Crippen LogP contribution in [0.4, 0.5) is 0 Å². The topological polar surface area (TPSA) is 12.2 Å². The van der Waals surface area contributed by atoms with Crippen molar-refractivity contribution in [3.05, 3.63) is 29.8 Å². The van der Waals surface area contributed by atoms with E-state index in [1.54, 1.807) is 7.11 Å². The van der Waals surface area contributed by atoms with Gasteiger partial charge >= 0.3 is 0 Å². The molecule has 78 valence electrons. The van der Waals surface area contributed by atoms with Gasteiger partial charge in [0.15, 0.2) is 0 Å². The van der Waals surface area contributed by atoms with Crippen molar-refractivity contribution in [1.29, 1.82) is 0 Å². The van der Waals surface area contributed by atoms with E-state index in [2.05, 4.69) is 0 Å². The fourth-order valence-corrected chi connectivity index (χ4v) is 1.11. The summed E-state index contributed by atoms with van der Waals surface area (Å²) in [6, 6.07) is 7.64. The van der Waals surface area contributed by atoms with E-state index in [1.807, 2.05) is 42.9 Å². The summed E-state index contributed by atoms with van der Waals surface area (Å²) in [5, 5.41) is 0.725. The molecule has 14 heavy (non-hydrogen) atoms. The normalized spacial score (nSPS) is 8.86. The van der Waals surface area contributed by atoms with Crippen LogP contribution in [-0.4, -0.2) is 31.0 Å². The maximum Gasteiger partial charge on any atom is 0.276 e. The predicted octanol–water partition coefficient (Wildman–Crippen LogP) is -1.04. The van der Waals surface area contributed by atoms with Crippen molar-refractivity contribution in [3.8, 4) is 5.75 Å². The highest BCUT2D eigenvalue weighted by atomic mass is 35.5. The van der Waals surface area contributed by atoms with Crippen molar-refractivity contribution in [2.75, 3.05) is 21.2 Å². The minimum atomic E-state index is 0. The molecule has 0 spiro atoms. The lowest BCUT2D eigenvalue weighted by Crippen LogP contribution is -3.00. The lowest BCUT2D eigenvalue weighted by Gasteiger charge is -1.99. The van der Waals surface area contributed by atoms with E-state index in [9.17, 15) is 0 Å². The Kier molecular flexibility index (Phi) is 5.58. The van der Waals surface area contributed by atoms with Crippen LogP contribution >= 0.6 is 11.6 Å². The molecule has 0 saturated carbocycles. The first-order chi connectivity index (χ1) is 6.15. The molecule has 0 atom stereocenters. The molecule has 1 aromatic rings. The van der Waals surface area contributed by atoms with Crippen molar-refractivity contribution in [1.82, 2.24) is 0 Å². The van der Waals surface area contributed by atoms with Crippen LogP contribution < -0.4 is 17.1 Å². The zero-order valence-corrected chi connectivity index (χ0v) is 9.93. The lowest BCUT2D eigenvalue weighted by atomic mass is 10.2. The first-order valence-corrected chi connectivity index (χ1v) is 4.37. The molecule has 2 nitrogen and oxygen atoms in total. The maximum absolute atomic E-state index is 6.04. The Bertz CT molecular complexity index is 315. The van der Waals surface area contributed by atoms with Crippen LogP contribution in [0.1, 0.15) is 5.56 Å². The number of halogens is 2. The van der Waals surface area contributed by atoms with Gasteiger partial charge in [0.05, 0.1) is 12.7 Å². The molecule has 0 aliphatic rings. The predicted molar refractivity (Wildman–Crippen MR) is 55.1 cm³/mol. The number of rotatable bonds is 2. The summed E-state index contributed by atoms with van der Waals surface area (Å²) in [6.07, 6.45) is 0. The van der Waals surface area contributed by atoms with Crippen LogP contribution in [0.2, 0.25) is 0 Å². The molecule has 1 rings (SSSR count). The molecule has 0 amide bonds. The Hall–Kier alpha value is -0.730.